The lowest BCUT2D eigenvalue weighted by Gasteiger charge is -2.38. The van der Waals surface area contributed by atoms with Crippen LogP contribution in [0.1, 0.15) is 13.3 Å². The molecule has 0 unspecified atom stereocenters. The normalized spacial score (nSPS) is 18.3. The van der Waals surface area contributed by atoms with Gasteiger partial charge in [-0.05, 0) is 6.92 Å². The summed E-state index contributed by atoms with van der Waals surface area (Å²) in [5.74, 6) is -0.306. The molecular weight excluding hydrogens is 198 g/mol. The first-order valence-electron chi connectivity index (χ1n) is 5.15. The fraction of sp³-hybridized carbons (Fsp3) is 0.900. The minimum atomic E-state index is -0.306. The van der Waals surface area contributed by atoms with Crippen LogP contribution in [0.3, 0.4) is 0 Å². The third kappa shape index (κ3) is 4.59. The average Bonchev–Trinajstić information content (AvgIpc) is 2.19. The Hall–Kier alpha value is -0.650. The maximum absolute atomic E-state index is 11.2. The largest absolute Gasteiger partial charge is 0.464 e. The first-order valence-corrected chi connectivity index (χ1v) is 5.15. The SMILES string of the molecule is COCCCOC(=O)COC1(C)CNC1. The van der Waals surface area contributed by atoms with Crippen LogP contribution in [0.2, 0.25) is 0 Å². The summed E-state index contributed by atoms with van der Waals surface area (Å²) in [5, 5.41) is 3.09. The lowest BCUT2D eigenvalue weighted by molar-refractivity contribution is -0.158. The Morgan fingerprint density at radius 3 is 2.67 bits per heavy atom. The van der Waals surface area contributed by atoms with Gasteiger partial charge in [0.05, 0.1) is 12.2 Å². The third-order valence-corrected chi connectivity index (χ3v) is 2.29. The smallest absolute Gasteiger partial charge is 0.332 e. The van der Waals surface area contributed by atoms with Gasteiger partial charge in [-0.15, -0.1) is 0 Å². The van der Waals surface area contributed by atoms with Gasteiger partial charge in [0.15, 0.2) is 0 Å². The molecule has 0 atom stereocenters. The molecule has 0 saturated carbocycles. The predicted octanol–water partition coefficient (Wildman–Crippen LogP) is -0.0554. The van der Waals surface area contributed by atoms with E-state index in [1.165, 1.54) is 0 Å². The van der Waals surface area contributed by atoms with Crippen LogP contribution in [0.15, 0.2) is 0 Å². The highest BCUT2D eigenvalue weighted by atomic mass is 16.6. The topological polar surface area (TPSA) is 56.8 Å². The van der Waals surface area contributed by atoms with Gasteiger partial charge in [0.1, 0.15) is 6.61 Å². The van der Waals surface area contributed by atoms with Gasteiger partial charge in [0.25, 0.3) is 0 Å². The van der Waals surface area contributed by atoms with Crippen molar-refractivity contribution in [2.75, 3.05) is 40.0 Å². The standard InChI is InChI=1S/C10H19NO4/c1-10(7-11-8-10)15-6-9(12)14-5-3-4-13-2/h11H,3-8H2,1-2H3. The van der Waals surface area contributed by atoms with Gasteiger partial charge in [-0.3, -0.25) is 0 Å². The number of ether oxygens (including phenoxy) is 3. The molecule has 0 aromatic carbocycles. The second kappa shape index (κ2) is 6.05. The highest BCUT2D eigenvalue weighted by molar-refractivity contribution is 5.70. The minimum Gasteiger partial charge on any atom is -0.464 e. The number of esters is 1. The van der Waals surface area contributed by atoms with Crippen LogP contribution in [0.5, 0.6) is 0 Å². The molecule has 88 valence electrons. The fourth-order valence-corrected chi connectivity index (χ4v) is 1.24. The zero-order valence-corrected chi connectivity index (χ0v) is 9.38. The van der Waals surface area contributed by atoms with Gasteiger partial charge in [-0.25, -0.2) is 4.79 Å². The molecule has 5 heteroatoms. The van der Waals surface area contributed by atoms with Crippen molar-refractivity contribution in [2.45, 2.75) is 18.9 Å². The molecule has 1 aliphatic rings. The van der Waals surface area contributed by atoms with Crippen molar-refractivity contribution in [2.24, 2.45) is 0 Å². The number of nitrogens with one attached hydrogen (secondary N) is 1. The van der Waals surface area contributed by atoms with Crippen LogP contribution in [0.4, 0.5) is 0 Å². The average molecular weight is 217 g/mol. The zero-order chi connectivity index (χ0) is 11.1. The summed E-state index contributed by atoms with van der Waals surface area (Å²) in [4.78, 5) is 11.2. The van der Waals surface area contributed by atoms with Crippen LogP contribution in [0.25, 0.3) is 0 Å². The van der Waals surface area contributed by atoms with Crippen molar-refractivity contribution >= 4 is 5.97 Å². The highest BCUT2D eigenvalue weighted by Crippen LogP contribution is 2.14. The molecule has 0 radical (unpaired) electrons. The number of carbonyl (C=O) groups excluding carboxylic acids is 1. The molecule has 5 nitrogen and oxygen atoms in total. The van der Waals surface area contributed by atoms with E-state index in [1.807, 2.05) is 6.92 Å². The summed E-state index contributed by atoms with van der Waals surface area (Å²) in [6.45, 7) is 4.60. The number of hydrogen-bond acceptors (Lipinski definition) is 5. The summed E-state index contributed by atoms with van der Waals surface area (Å²) in [6.07, 6.45) is 0.723. The molecule has 0 aromatic rings. The lowest BCUT2D eigenvalue weighted by atomic mass is 10.0. The van der Waals surface area contributed by atoms with Crippen LogP contribution >= 0.6 is 0 Å². The quantitative estimate of drug-likeness (QED) is 0.478. The summed E-state index contributed by atoms with van der Waals surface area (Å²) in [6, 6.07) is 0. The molecule has 0 aromatic heterocycles. The number of hydrogen-bond donors (Lipinski definition) is 1. The fourth-order valence-electron chi connectivity index (χ4n) is 1.24. The Bertz CT molecular complexity index is 204. The zero-order valence-electron chi connectivity index (χ0n) is 9.38. The maximum Gasteiger partial charge on any atom is 0.332 e. The molecule has 0 bridgehead atoms. The second-order valence-electron chi connectivity index (χ2n) is 3.91. The van der Waals surface area contributed by atoms with E-state index in [9.17, 15) is 4.79 Å². The van der Waals surface area contributed by atoms with E-state index in [4.69, 9.17) is 14.2 Å². The summed E-state index contributed by atoms with van der Waals surface area (Å²) in [7, 11) is 1.62. The Balaban J connectivity index is 1.98. The van der Waals surface area contributed by atoms with Crippen molar-refractivity contribution in [3.8, 4) is 0 Å². The minimum absolute atomic E-state index is 0.0329. The predicted molar refractivity (Wildman–Crippen MR) is 54.7 cm³/mol. The van der Waals surface area contributed by atoms with E-state index in [1.54, 1.807) is 7.11 Å². The van der Waals surface area contributed by atoms with Gasteiger partial charge in [-0.1, -0.05) is 0 Å². The molecule has 1 saturated heterocycles. The molecule has 0 amide bonds. The molecule has 1 rings (SSSR count). The van der Waals surface area contributed by atoms with Crippen LogP contribution in [-0.2, 0) is 19.0 Å². The first-order chi connectivity index (χ1) is 7.16. The summed E-state index contributed by atoms with van der Waals surface area (Å²) >= 11 is 0. The first kappa shape index (κ1) is 12.4. The second-order valence-corrected chi connectivity index (χ2v) is 3.91. The van der Waals surface area contributed by atoms with Gasteiger partial charge in [-0.2, -0.15) is 0 Å². The van der Waals surface area contributed by atoms with Gasteiger partial charge in [0.2, 0.25) is 0 Å². The van der Waals surface area contributed by atoms with E-state index < -0.39 is 0 Å². The molecule has 0 aliphatic carbocycles. The highest BCUT2D eigenvalue weighted by Gasteiger charge is 2.33. The van der Waals surface area contributed by atoms with E-state index in [2.05, 4.69) is 5.32 Å². The van der Waals surface area contributed by atoms with Crippen molar-refractivity contribution in [3.63, 3.8) is 0 Å². The van der Waals surface area contributed by atoms with Crippen molar-refractivity contribution in [1.29, 1.82) is 0 Å². The molecule has 1 N–H and O–H groups in total. The third-order valence-electron chi connectivity index (χ3n) is 2.29. The Morgan fingerprint density at radius 1 is 1.40 bits per heavy atom. The number of methoxy groups -OCH3 is 1. The Morgan fingerprint density at radius 2 is 2.13 bits per heavy atom. The Kier molecular flexibility index (Phi) is 5.01. The molecule has 1 aliphatic heterocycles. The van der Waals surface area contributed by atoms with Gasteiger partial charge < -0.3 is 19.5 Å². The number of rotatable bonds is 7. The van der Waals surface area contributed by atoms with Gasteiger partial charge in [0, 0.05) is 33.2 Å². The van der Waals surface area contributed by atoms with Crippen molar-refractivity contribution in [3.05, 3.63) is 0 Å². The molecule has 15 heavy (non-hydrogen) atoms. The van der Waals surface area contributed by atoms with E-state index in [0.717, 1.165) is 19.5 Å². The van der Waals surface area contributed by atoms with Gasteiger partial charge >= 0.3 is 5.97 Å². The van der Waals surface area contributed by atoms with Crippen LogP contribution in [-0.4, -0.2) is 51.6 Å². The van der Waals surface area contributed by atoms with Crippen molar-refractivity contribution in [1.82, 2.24) is 5.32 Å². The molecule has 1 fully saturated rings. The Labute approximate surface area is 90.1 Å². The lowest BCUT2D eigenvalue weighted by Crippen LogP contribution is -2.59. The summed E-state index contributed by atoms with van der Waals surface area (Å²) in [5.41, 5.74) is -0.189. The maximum atomic E-state index is 11.2. The molecule has 1 heterocycles. The number of carbonyl (C=O) groups is 1. The van der Waals surface area contributed by atoms with E-state index in [-0.39, 0.29) is 18.2 Å². The van der Waals surface area contributed by atoms with Crippen molar-refractivity contribution < 1.29 is 19.0 Å². The molecular formula is C10H19NO4. The van der Waals surface area contributed by atoms with E-state index in [0.29, 0.717) is 13.2 Å². The molecule has 0 spiro atoms. The summed E-state index contributed by atoms with van der Waals surface area (Å²) < 4.78 is 15.2. The van der Waals surface area contributed by atoms with Crippen LogP contribution < -0.4 is 5.32 Å². The van der Waals surface area contributed by atoms with Crippen LogP contribution in [0, 0.1) is 0 Å². The monoisotopic (exact) mass is 217 g/mol. The van der Waals surface area contributed by atoms with E-state index >= 15 is 0 Å².